The lowest BCUT2D eigenvalue weighted by molar-refractivity contribution is 0.0918. The minimum Gasteiger partial charge on any atom is -0.348 e. The normalized spacial score (nSPS) is 26.2. The van der Waals surface area contributed by atoms with Crippen molar-refractivity contribution in [1.82, 2.24) is 20.4 Å². The van der Waals surface area contributed by atoms with Crippen molar-refractivity contribution < 1.29 is 4.79 Å². The second kappa shape index (κ2) is 5.81. The van der Waals surface area contributed by atoms with Gasteiger partial charge in [-0.05, 0) is 50.8 Å². The summed E-state index contributed by atoms with van der Waals surface area (Å²) >= 11 is 0. The van der Waals surface area contributed by atoms with E-state index in [0.717, 1.165) is 24.2 Å². The van der Waals surface area contributed by atoms with Gasteiger partial charge in [0.15, 0.2) is 5.69 Å². The minimum atomic E-state index is -0.0610. The Morgan fingerprint density at radius 1 is 1.22 bits per heavy atom. The molecule has 5 nitrogen and oxygen atoms in total. The summed E-state index contributed by atoms with van der Waals surface area (Å²) in [6.07, 6.45) is 4.53. The molecule has 0 saturated carbocycles. The summed E-state index contributed by atoms with van der Waals surface area (Å²) in [7, 11) is 0. The van der Waals surface area contributed by atoms with Crippen LogP contribution in [0.2, 0.25) is 0 Å². The van der Waals surface area contributed by atoms with E-state index in [-0.39, 0.29) is 11.9 Å². The van der Waals surface area contributed by atoms with Crippen molar-refractivity contribution in [3.63, 3.8) is 0 Å². The molecule has 2 bridgehead atoms. The number of nitrogens with zero attached hydrogens (tertiary/aromatic N) is 2. The quantitative estimate of drug-likeness (QED) is 0.913. The molecule has 23 heavy (non-hydrogen) atoms. The number of nitrogens with one attached hydrogen (secondary N) is 2. The van der Waals surface area contributed by atoms with Gasteiger partial charge in [-0.3, -0.25) is 4.79 Å². The maximum atomic E-state index is 12.5. The van der Waals surface area contributed by atoms with Gasteiger partial charge in [0.2, 0.25) is 0 Å². The number of benzene rings is 1. The van der Waals surface area contributed by atoms with Crippen LogP contribution in [0.1, 0.15) is 41.9 Å². The van der Waals surface area contributed by atoms with Gasteiger partial charge in [-0.1, -0.05) is 18.2 Å². The first-order chi connectivity index (χ1) is 11.2. The molecule has 0 radical (unpaired) electrons. The molecule has 120 valence electrons. The molecule has 1 aromatic heterocycles. The van der Waals surface area contributed by atoms with E-state index in [2.05, 4.69) is 15.7 Å². The monoisotopic (exact) mass is 310 g/mol. The zero-order chi connectivity index (χ0) is 15.8. The van der Waals surface area contributed by atoms with Gasteiger partial charge >= 0.3 is 0 Å². The highest BCUT2D eigenvalue weighted by molar-refractivity contribution is 5.92. The molecule has 3 heterocycles. The molecule has 5 heteroatoms. The molecule has 2 aliphatic rings. The van der Waals surface area contributed by atoms with Crippen molar-refractivity contribution in [3.8, 4) is 5.69 Å². The van der Waals surface area contributed by atoms with E-state index in [0.29, 0.717) is 17.8 Å². The zero-order valence-corrected chi connectivity index (χ0v) is 13.3. The Morgan fingerprint density at radius 3 is 2.61 bits per heavy atom. The number of para-hydroxylation sites is 1. The van der Waals surface area contributed by atoms with E-state index >= 15 is 0 Å². The molecule has 2 unspecified atom stereocenters. The largest absolute Gasteiger partial charge is 0.348 e. The molecule has 2 aromatic rings. The molecule has 1 amide bonds. The maximum absolute atomic E-state index is 12.5. The highest BCUT2D eigenvalue weighted by Crippen LogP contribution is 2.27. The molecule has 2 saturated heterocycles. The lowest BCUT2D eigenvalue weighted by Gasteiger charge is -2.29. The fraction of sp³-hybridized carbons (Fsp3) is 0.444. The standard InChI is InChI=1S/C18H22N4O/c1-12-9-17(21-22(12)16-5-3-2-4-6-16)18(23)20-15-10-13-7-8-14(11-15)19-13/h2-6,9,13-15,19H,7-8,10-11H2,1H3,(H,20,23). The number of hydrogen-bond donors (Lipinski definition) is 2. The van der Waals surface area contributed by atoms with Gasteiger partial charge in [-0.25, -0.2) is 4.68 Å². The predicted octanol–water partition coefficient (Wildman–Crippen LogP) is 2.19. The Kier molecular flexibility index (Phi) is 3.65. The molecule has 4 rings (SSSR count). The van der Waals surface area contributed by atoms with Gasteiger partial charge in [-0.2, -0.15) is 5.10 Å². The molecule has 1 aromatic carbocycles. The summed E-state index contributed by atoms with van der Waals surface area (Å²) < 4.78 is 1.82. The van der Waals surface area contributed by atoms with Gasteiger partial charge in [0, 0.05) is 23.8 Å². The fourth-order valence-electron chi connectivity index (χ4n) is 3.85. The van der Waals surface area contributed by atoms with Crippen LogP contribution < -0.4 is 10.6 Å². The summed E-state index contributed by atoms with van der Waals surface area (Å²) in [4.78, 5) is 12.5. The Bertz CT molecular complexity index is 697. The molecule has 2 atom stereocenters. The van der Waals surface area contributed by atoms with Gasteiger partial charge in [-0.15, -0.1) is 0 Å². The number of hydrogen-bond acceptors (Lipinski definition) is 3. The van der Waals surface area contributed by atoms with Crippen LogP contribution in [-0.4, -0.2) is 33.8 Å². The van der Waals surface area contributed by atoms with E-state index in [1.807, 2.05) is 48.0 Å². The van der Waals surface area contributed by atoms with Crippen molar-refractivity contribution >= 4 is 5.91 Å². The van der Waals surface area contributed by atoms with E-state index in [4.69, 9.17) is 0 Å². The van der Waals surface area contributed by atoms with Crippen LogP contribution in [-0.2, 0) is 0 Å². The van der Waals surface area contributed by atoms with Crippen LogP contribution in [0.25, 0.3) is 5.69 Å². The third-order valence-corrected chi connectivity index (χ3v) is 4.93. The summed E-state index contributed by atoms with van der Waals surface area (Å²) in [5, 5.41) is 11.3. The number of aryl methyl sites for hydroxylation is 1. The van der Waals surface area contributed by atoms with Gasteiger partial charge in [0.05, 0.1) is 5.69 Å². The zero-order valence-electron chi connectivity index (χ0n) is 13.3. The van der Waals surface area contributed by atoms with Crippen LogP contribution >= 0.6 is 0 Å². The van der Waals surface area contributed by atoms with Crippen molar-refractivity contribution in [1.29, 1.82) is 0 Å². The van der Waals surface area contributed by atoms with E-state index in [1.54, 1.807) is 0 Å². The number of fused-ring (bicyclic) bond motifs is 2. The molecule has 2 N–H and O–H groups in total. The highest BCUT2D eigenvalue weighted by Gasteiger charge is 2.34. The Balaban J connectivity index is 1.49. The lowest BCUT2D eigenvalue weighted by Crippen LogP contribution is -2.48. The maximum Gasteiger partial charge on any atom is 0.272 e. The van der Waals surface area contributed by atoms with Crippen LogP contribution in [0.3, 0.4) is 0 Å². The summed E-state index contributed by atoms with van der Waals surface area (Å²) in [5.41, 5.74) is 2.44. The molecular weight excluding hydrogens is 288 g/mol. The van der Waals surface area contributed by atoms with E-state index in [9.17, 15) is 4.79 Å². The smallest absolute Gasteiger partial charge is 0.272 e. The first-order valence-electron chi connectivity index (χ1n) is 8.38. The number of amides is 1. The lowest BCUT2D eigenvalue weighted by atomic mass is 10.00. The second-order valence-corrected chi connectivity index (χ2v) is 6.70. The average Bonchev–Trinajstić information content (AvgIpc) is 3.11. The van der Waals surface area contributed by atoms with Crippen molar-refractivity contribution in [2.24, 2.45) is 0 Å². The summed E-state index contributed by atoms with van der Waals surface area (Å²) in [6.45, 7) is 1.97. The van der Waals surface area contributed by atoms with Crippen molar-refractivity contribution in [2.45, 2.75) is 50.7 Å². The Hall–Kier alpha value is -2.14. The van der Waals surface area contributed by atoms with Crippen LogP contribution in [0.5, 0.6) is 0 Å². The molecule has 0 aliphatic carbocycles. The van der Waals surface area contributed by atoms with Gasteiger partial charge in [0.1, 0.15) is 0 Å². The fourth-order valence-corrected chi connectivity index (χ4v) is 3.85. The van der Waals surface area contributed by atoms with Gasteiger partial charge in [0.25, 0.3) is 5.91 Å². The molecule has 2 fully saturated rings. The topological polar surface area (TPSA) is 59.0 Å². The Labute approximate surface area is 136 Å². The first-order valence-corrected chi connectivity index (χ1v) is 8.38. The van der Waals surface area contributed by atoms with Crippen LogP contribution in [0.15, 0.2) is 36.4 Å². The number of rotatable bonds is 3. The van der Waals surface area contributed by atoms with Crippen molar-refractivity contribution in [3.05, 3.63) is 47.8 Å². The molecule has 0 spiro atoms. The van der Waals surface area contributed by atoms with E-state index < -0.39 is 0 Å². The van der Waals surface area contributed by atoms with Crippen LogP contribution in [0, 0.1) is 6.92 Å². The average molecular weight is 310 g/mol. The Morgan fingerprint density at radius 2 is 1.91 bits per heavy atom. The number of aromatic nitrogens is 2. The summed E-state index contributed by atoms with van der Waals surface area (Å²) in [6, 6.07) is 13.2. The predicted molar refractivity (Wildman–Crippen MR) is 88.7 cm³/mol. The van der Waals surface area contributed by atoms with Crippen molar-refractivity contribution in [2.75, 3.05) is 0 Å². The minimum absolute atomic E-state index is 0.0610. The van der Waals surface area contributed by atoms with Gasteiger partial charge < -0.3 is 10.6 Å². The highest BCUT2D eigenvalue weighted by atomic mass is 16.2. The second-order valence-electron chi connectivity index (χ2n) is 6.70. The number of carbonyl (C=O) groups excluding carboxylic acids is 1. The third-order valence-electron chi connectivity index (χ3n) is 4.93. The number of carbonyl (C=O) groups is 1. The third kappa shape index (κ3) is 2.88. The first kappa shape index (κ1) is 14.5. The molecular formula is C18H22N4O. The molecule has 2 aliphatic heterocycles. The van der Waals surface area contributed by atoms with Crippen LogP contribution in [0.4, 0.5) is 0 Å². The van der Waals surface area contributed by atoms with E-state index in [1.165, 1.54) is 12.8 Å². The SMILES string of the molecule is Cc1cc(C(=O)NC2CC3CCC(C2)N3)nn1-c1ccccc1. The summed E-state index contributed by atoms with van der Waals surface area (Å²) in [5.74, 6) is -0.0610. The number of piperidine rings is 1.